The lowest BCUT2D eigenvalue weighted by Crippen LogP contribution is -2.29. The number of benzene rings is 1. The van der Waals surface area contributed by atoms with Gasteiger partial charge in [0.2, 0.25) is 10.0 Å². The van der Waals surface area contributed by atoms with Crippen LogP contribution in [0.5, 0.6) is 0 Å². The molecule has 0 saturated heterocycles. The summed E-state index contributed by atoms with van der Waals surface area (Å²) < 4.78 is 48.5. The second-order valence-electron chi connectivity index (χ2n) is 4.50. The summed E-state index contributed by atoms with van der Waals surface area (Å²) in [5.74, 6) is 0. The Morgan fingerprint density at radius 1 is 1.10 bits per heavy atom. The molecule has 0 atom stereocenters. The molecule has 0 fully saturated rings. The third-order valence-corrected chi connectivity index (χ3v) is 6.84. The summed E-state index contributed by atoms with van der Waals surface area (Å²) in [4.78, 5) is 0.148. The Morgan fingerprint density at radius 2 is 1.57 bits per heavy atom. The maximum Gasteiger partial charge on any atom is 0.345 e. The van der Waals surface area contributed by atoms with Crippen molar-refractivity contribution in [3.05, 3.63) is 29.8 Å². The van der Waals surface area contributed by atoms with Gasteiger partial charge in [0, 0.05) is 7.05 Å². The van der Waals surface area contributed by atoms with Gasteiger partial charge in [-0.15, -0.1) is 0 Å². The molecule has 0 unspecified atom stereocenters. The molecule has 1 rings (SSSR count). The van der Waals surface area contributed by atoms with E-state index in [1.807, 2.05) is 6.92 Å². The Kier molecular flexibility index (Phi) is 6.56. The van der Waals surface area contributed by atoms with Crippen molar-refractivity contribution in [3.63, 3.8) is 0 Å². The fraction of sp³-hybridized carbons (Fsp3) is 0.538. The number of sulfonamides is 1. The van der Waals surface area contributed by atoms with Crippen molar-refractivity contribution < 1.29 is 22.0 Å². The summed E-state index contributed by atoms with van der Waals surface area (Å²) in [6, 6.07) is 6.47. The van der Waals surface area contributed by atoms with Crippen LogP contribution in [0.2, 0.25) is 0 Å². The largest absolute Gasteiger partial charge is 0.345 e. The molecule has 0 N–H and O–H groups in total. The van der Waals surface area contributed by atoms with Gasteiger partial charge in [-0.3, -0.25) is 4.57 Å². The van der Waals surface area contributed by atoms with E-state index in [4.69, 9.17) is 9.05 Å². The van der Waals surface area contributed by atoms with E-state index >= 15 is 0 Å². The first-order valence-electron chi connectivity index (χ1n) is 6.66. The molecule has 0 aliphatic rings. The van der Waals surface area contributed by atoms with E-state index in [2.05, 4.69) is 0 Å². The lowest BCUT2D eigenvalue weighted by atomic mass is 10.2. The van der Waals surface area contributed by atoms with E-state index in [1.165, 1.54) is 19.2 Å². The van der Waals surface area contributed by atoms with Crippen molar-refractivity contribution in [3.8, 4) is 0 Å². The van der Waals surface area contributed by atoms with Crippen molar-refractivity contribution in [1.29, 1.82) is 0 Å². The van der Waals surface area contributed by atoms with Crippen LogP contribution < -0.4 is 0 Å². The summed E-state index contributed by atoms with van der Waals surface area (Å²) >= 11 is 0. The third-order valence-electron chi connectivity index (χ3n) is 2.75. The van der Waals surface area contributed by atoms with Crippen LogP contribution in [0.25, 0.3) is 0 Å². The van der Waals surface area contributed by atoms with Gasteiger partial charge >= 0.3 is 7.60 Å². The van der Waals surface area contributed by atoms with Crippen LogP contribution in [0.15, 0.2) is 29.2 Å². The van der Waals surface area contributed by atoms with Crippen molar-refractivity contribution in [2.75, 3.05) is 26.5 Å². The lowest BCUT2D eigenvalue weighted by Gasteiger charge is -2.23. The average molecular weight is 335 g/mol. The van der Waals surface area contributed by atoms with E-state index in [0.29, 0.717) is 0 Å². The minimum atomic E-state index is -3.72. The number of hydrogen-bond donors (Lipinski definition) is 0. The highest BCUT2D eigenvalue weighted by molar-refractivity contribution is 7.89. The predicted octanol–water partition coefficient (Wildman–Crippen LogP) is 2.84. The fourth-order valence-electron chi connectivity index (χ4n) is 1.72. The van der Waals surface area contributed by atoms with Gasteiger partial charge in [-0.05, 0) is 32.9 Å². The quantitative estimate of drug-likeness (QED) is 0.683. The van der Waals surface area contributed by atoms with Crippen LogP contribution >= 0.6 is 7.60 Å². The summed E-state index contributed by atoms with van der Waals surface area (Å²) in [6.45, 7) is 5.62. The predicted molar refractivity (Wildman–Crippen MR) is 81.9 cm³/mol. The van der Waals surface area contributed by atoms with Gasteiger partial charge in [-0.2, -0.15) is 4.31 Å². The number of nitrogens with zero attached hydrogens (tertiary/aromatic N) is 1. The molecule has 0 amide bonds. The van der Waals surface area contributed by atoms with Crippen LogP contribution in [-0.2, 0) is 23.6 Å². The minimum Gasteiger partial charge on any atom is -0.308 e. The molecule has 0 aromatic heterocycles. The highest BCUT2D eigenvalue weighted by Crippen LogP contribution is 2.48. The van der Waals surface area contributed by atoms with Crippen LogP contribution in [-0.4, -0.2) is 39.3 Å². The van der Waals surface area contributed by atoms with Gasteiger partial charge < -0.3 is 9.05 Å². The molecule has 1 aromatic rings. The molecule has 0 heterocycles. The van der Waals surface area contributed by atoms with Crippen LogP contribution in [0.3, 0.4) is 0 Å². The van der Waals surface area contributed by atoms with Gasteiger partial charge in [0.05, 0.1) is 18.1 Å². The lowest BCUT2D eigenvalue weighted by molar-refractivity contribution is 0.213. The Morgan fingerprint density at radius 3 is 2.00 bits per heavy atom. The molecule has 21 heavy (non-hydrogen) atoms. The van der Waals surface area contributed by atoms with E-state index in [1.54, 1.807) is 26.0 Å². The Bertz CT molecular complexity index is 589. The molecule has 6 nitrogen and oxygen atoms in total. The summed E-state index contributed by atoms with van der Waals surface area (Å²) in [7, 11) is -5.82. The van der Waals surface area contributed by atoms with Crippen molar-refractivity contribution in [2.24, 2.45) is 0 Å². The zero-order valence-electron chi connectivity index (χ0n) is 12.8. The highest BCUT2D eigenvalue weighted by Gasteiger charge is 2.31. The zero-order chi connectivity index (χ0) is 16.1. The third kappa shape index (κ3) is 4.90. The summed E-state index contributed by atoms with van der Waals surface area (Å²) in [5, 5.41) is 0. The van der Waals surface area contributed by atoms with Crippen molar-refractivity contribution >= 4 is 17.6 Å². The molecule has 8 heteroatoms. The van der Waals surface area contributed by atoms with Crippen molar-refractivity contribution in [2.45, 2.75) is 25.7 Å². The number of rotatable bonds is 8. The van der Waals surface area contributed by atoms with Gasteiger partial charge in [-0.25, -0.2) is 8.42 Å². The van der Waals surface area contributed by atoms with Gasteiger partial charge in [0.25, 0.3) is 0 Å². The molecule has 0 radical (unpaired) electrons. The Hall–Kier alpha value is -0.720. The fourth-order valence-corrected chi connectivity index (χ4v) is 5.11. The van der Waals surface area contributed by atoms with Crippen molar-refractivity contribution in [1.82, 2.24) is 4.31 Å². The molecule has 0 aliphatic heterocycles. The van der Waals surface area contributed by atoms with Gasteiger partial charge in [-0.1, -0.05) is 17.7 Å². The number of aryl methyl sites for hydroxylation is 1. The summed E-state index contributed by atoms with van der Waals surface area (Å²) in [6.07, 6.45) is -0.315. The first-order valence-corrected chi connectivity index (χ1v) is 9.83. The number of hydrogen-bond acceptors (Lipinski definition) is 5. The van der Waals surface area contributed by atoms with Crippen LogP contribution in [0, 0.1) is 6.92 Å². The van der Waals surface area contributed by atoms with Crippen LogP contribution in [0.1, 0.15) is 19.4 Å². The van der Waals surface area contributed by atoms with Gasteiger partial charge in [0.15, 0.2) is 0 Å². The van der Waals surface area contributed by atoms with E-state index in [0.717, 1.165) is 9.87 Å². The smallest absolute Gasteiger partial charge is 0.308 e. The van der Waals surface area contributed by atoms with Crippen LogP contribution in [0.4, 0.5) is 0 Å². The maximum atomic E-state index is 12.4. The minimum absolute atomic E-state index is 0.148. The molecule has 0 bridgehead atoms. The standard InChI is InChI=1S/C13H22NO5PS/c1-5-18-20(15,19-6-2)11-14(4)21(16,17)13-9-7-12(3)8-10-13/h7-10H,5-6,11H2,1-4H3. The molecule has 1 aromatic carbocycles. The summed E-state index contributed by atoms with van der Waals surface area (Å²) in [5.41, 5.74) is 0.964. The highest BCUT2D eigenvalue weighted by atomic mass is 32.2. The van der Waals surface area contributed by atoms with Gasteiger partial charge in [0.1, 0.15) is 6.29 Å². The first-order chi connectivity index (χ1) is 9.75. The molecule has 120 valence electrons. The maximum absolute atomic E-state index is 12.4. The second kappa shape index (κ2) is 7.51. The average Bonchev–Trinajstić information content (AvgIpc) is 2.39. The first kappa shape index (κ1) is 18.3. The molecular weight excluding hydrogens is 313 g/mol. The second-order valence-corrected chi connectivity index (χ2v) is 8.57. The van der Waals surface area contributed by atoms with E-state index in [9.17, 15) is 13.0 Å². The Balaban J connectivity index is 2.97. The molecule has 0 spiro atoms. The normalized spacial score (nSPS) is 12.8. The monoisotopic (exact) mass is 335 g/mol. The topological polar surface area (TPSA) is 72.9 Å². The molecular formula is C13H22NO5PS. The zero-order valence-corrected chi connectivity index (χ0v) is 14.5. The molecule has 0 aliphatic carbocycles. The Labute approximate surface area is 126 Å². The van der Waals surface area contributed by atoms with E-state index < -0.39 is 17.6 Å². The SMILES string of the molecule is CCOP(=O)(CN(C)S(=O)(=O)c1ccc(C)cc1)OCC. The molecule has 0 saturated carbocycles. The van der Waals surface area contributed by atoms with E-state index in [-0.39, 0.29) is 24.4 Å².